The fraction of sp³-hybridized carbons (Fsp3) is 0.111. The molecule has 2 rings (SSSR count). The van der Waals surface area contributed by atoms with Crippen LogP contribution in [0.15, 0.2) is 19.8 Å². The molecule has 0 aliphatic rings. The molecule has 0 saturated heterocycles. The number of hydrogen-bond donors (Lipinski definition) is 1. The molecule has 2 aromatic heterocycles. The first kappa shape index (κ1) is 12.3. The first-order valence-electron chi connectivity index (χ1n) is 4.20. The molecule has 16 heavy (non-hydrogen) atoms. The summed E-state index contributed by atoms with van der Waals surface area (Å²) < 4.78 is 1.90. The van der Waals surface area contributed by atoms with Gasteiger partial charge in [-0.15, -0.1) is 11.3 Å². The van der Waals surface area contributed by atoms with Crippen molar-refractivity contribution in [1.29, 1.82) is 0 Å². The number of H-pyrrole nitrogens is 1. The Hall–Kier alpha value is -0.170. The zero-order chi connectivity index (χ0) is 11.9. The number of thiophene rings is 1. The van der Waals surface area contributed by atoms with Gasteiger partial charge in [-0.1, -0.05) is 11.6 Å². The van der Waals surface area contributed by atoms with E-state index in [9.17, 15) is 4.79 Å². The second kappa shape index (κ2) is 4.60. The molecule has 0 aliphatic carbocycles. The SMILES string of the molecule is Cc1nc(-c2cc(Br)c(Cl)s2)[nH]c(=O)c1Br. The number of hydrogen-bond acceptors (Lipinski definition) is 3. The highest BCUT2D eigenvalue weighted by Crippen LogP contribution is 2.36. The number of nitrogens with zero attached hydrogens (tertiary/aromatic N) is 1. The Morgan fingerprint density at radius 1 is 1.50 bits per heavy atom. The molecule has 0 aromatic carbocycles. The van der Waals surface area contributed by atoms with Crippen LogP contribution in [-0.2, 0) is 0 Å². The van der Waals surface area contributed by atoms with Gasteiger partial charge >= 0.3 is 0 Å². The number of halogens is 3. The molecule has 0 radical (unpaired) electrons. The van der Waals surface area contributed by atoms with Crippen molar-refractivity contribution in [3.05, 3.63) is 35.4 Å². The first-order valence-corrected chi connectivity index (χ1v) is 6.98. The topological polar surface area (TPSA) is 45.8 Å². The Kier molecular flexibility index (Phi) is 3.53. The monoisotopic (exact) mass is 382 g/mol. The molecule has 0 spiro atoms. The largest absolute Gasteiger partial charge is 0.305 e. The van der Waals surface area contributed by atoms with E-state index in [-0.39, 0.29) is 5.56 Å². The maximum Gasteiger partial charge on any atom is 0.265 e. The standard InChI is InChI=1S/C9H5Br2ClN2OS/c1-3-6(11)9(15)14-8(13-3)5-2-4(10)7(12)16-5/h2H,1H3,(H,13,14,15). The van der Waals surface area contributed by atoms with Gasteiger partial charge in [-0.25, -0.2) is 4.98 Å². The second-order valence-corrected chi connectivity index (χ2v) is 6.35. The van der Waals surface area contributed by atoms with Gasteiger partial charge in [-0.05, 0) is 44.8 Å². The smallest absolute Gasteiger partial charge is 0.265 e. The fourth-order valence-corrected chi connectivity index (χ4v) is 2.99. The molecule has 1 N–H and O–H groups in total. The summed E-state index contributed by atoms with van der Waals surface area (Å²) in [7, 11) is 0. The van der Waals surface area contributed by atoms with Crippen LogP contribution in [0.3, 0.4) is 0 Å². The van der Waals surface area contributed by atoms with Crippen molar-refractivity contribution in [2.45, 2.75) is 6.92 Å². The van der Waals surface area contributed by atoms with Gasteiger partial charge in [0.1, 0.15) is 8.81 Å². The zero-order valence-electron chi connectivity index (χ0n) is 7.97. The van der Waals surface area contributed by atoms with Crippen molar-refractivity contribution in [3.8, 4) is 10.7 Å². The lowest BCUT2D eigenvalue weighted by molar-refractivity contribution is 1.06. The molecule has 3 nitrogen and oxygen atoms in total. The van der Waals surface area contributed by atoms with Crippen molar-refractivity contribution >= 4 is 54.8 Å². The van der Waals surface area contributed by atoms with Gasteiger partial charge in [0.2, 0.25) is 0 Å². The van der Waals surface area contributed by atoms with Crippen LogP contribution in [0, 0.1) is 6.92 Å². The van der Waals surface area contributed by atoms with Crippen LogP contribution in [0.25, 0.3) is 10.7 Å². The van der Waals surface area contributed by atoms with E-state index < -0.39 is 0 Å². The average molecular weight is 384 g/mol. The van der Waals surface area contributed by atoms with Crippen molar-refractivity contribution in [2.24, 2.45) is 0 Å². The summed E-state index contributed by atoms with van der Waals surface area (Å²) in [5.74, 6) is 0.531. The highest BCUT2D eigenvalue weighted by atomic mass is 79.9. The van der Waals surface area contributed by atoms with Gasteiger partial charge in [-0.2, -0.15) is 0 Å². The molecule has 2 heterocycles. The third-order valence-corrected chi connectivity index (χ3v) is 5.32. The molecule has 0 atom stereocenters. The second-order valence-electron chi connectivity index (χ2n) is 3.05. The minimum absolute atomic E-state index is 0.192. The summed E-state index contributed by atoms with van der Waals surface area (Å²) in [5.41, 5.74) is 0.461. The quantitative estimate of drug-likeness (QED) is 0.808. The van der Waals surface area contributed by atoms with E-state index in [4.69, 9.17) is 11.6 Å². The van der Waals surface area contributed by atoms with E-state index in [1.807, 2.05) is 6.07 Å². The van der Waals surface area contributed by atoms with Crippen molar-refractivity contribution in [3.63, 3.8) is 0 Å². The lowest BCUT2D eigenvalue weighted by Crippen LogP contribution is -2.11. The van der Waals surface area contributed by atoms with Gasteiger partial charge < -0.3 is 4.98 Å². The number of nitrogens with one attached hydrogen (secondary N) is 1. The van der Waals surface area contributed by atoms with E-state index in [1.165, 1.54) is 11.3 Å². The Labute approximate surface area is 117 Å². The number of rotatable bonds is 1. The average Bonchev–Trinajstić information content (AvgIpc) is 2.55. The molecular formula is C9H5Br2ClN2OS. The molecule has 7 heteroatoms. The Morgan fingerprint density at radius 2 is 2.19 bits per heavy atom. The third kappa shape index (κ3) is 2.25. The van der Waals surface area contributed by atoms with E-state index in [1.54, 1.807) is 6.92 Å². The lowest BCUT2D eigenvalue weighted by atomic mass is 10.4. The Bertz CT molecular complexity index is 589. The molecule has 0 bridgehead atoms. The Morgan fingerprint density at radius 3 is 2.69 bits per heavy atom. The van der Waals surface area contributed by atoms with Gasteiger partial charge in [-0.3, -0.25) is 4.79 Å². The third-order valence-electron chi connectivity index (χ3n) is 1.91. The van der Waals surface area contributed by atoms with Crippen molar-refractivity contribution in [1.82, 2.24) is 9.97 Å². The molecule has 0 fully saturated rings. The zero-order valence-corrected chi connectivity index (χ0v) is 12.7. The predicted molar refractivity (Wildman–Crippen MR) is 73.3 cm³/mol. The Balaban J connectivity index is 2.61. The van der Waals surface area contributed by atoms with E-state index in [0.717, 1.165) is 9.35 Å². The summed E-state index contributed by atoms with van der Waals surface area (Å²) in [4.78, 5) is 19.3. The summed E-state index contributed by atoms with van der Waals surface area (Å²) in [5, 5.41) is 0. The first-order chi connectivity index (χ1) is 7.49. The maximum absolute atomic E-state index is 11.5. The summed E-state index contributed by atoms with van der Waals surface area (Å²) in [6.07, 6.45) is 0. The van der Waals surface area contributed by atoms with Gasteiger partial charge in [0.25, 0.3) is 5.56 Å². The van der Waals surface area contributed by atoms with Gasteiger partial charge in [0.15, 0.2) is 5.82 Å². The van der Waals surface area contributed by atoms with Crippen molar-refractivity contribution in [2.75, 3.05) is 0 Å². The minimum atomic E-state index is -0.192. The van der Waals surface area contributed by atoms with Crippen molar-refractivity contribution < 1.29 is 0 Å². The van der Waals surface area contributed by atoms with Crippen LogP contribution in [0.2, 0.25) is 4.34 Å². The molecule has 0 saturated carbocycles. The normalized spacial score (nSPS) is 10.8. The molecule has 84 valence electrons. The maximum atomic E-state index is 11.5. The van der Waals surface area contributed by atoms with Crippen LogP contribution in [0.4, 0.5) is 0 Å². The summed E-state index contributed by atoms with van der Waals surface area (Å²) in [6.45, 7) is 1.77. The lowest BCUT2D eigenvalue weighted by Gasteiger charge is -2.00. The summed E-state index contributed by atoms with van der Waals surface area (Å²) in [6, 6.07) is 1.83. The predicted octanol–water partition coefficient (Wildman–Crippen LogP) is 3.99. The molecule has 0 amide bonds. The van der Waals surface area contributed by atoms with Crippen LogP contribution in [0.1, 0.15) is 5.69 Å². The summed E-state index contributed by atoms with van der Waals surface area (Å²) >= 11 is 13.8. The number of aromatic amines is 1. The molecule has 0 aliphatic heterocycles. The van der Waals surface area contributed by atoms with E-state index in [0.29, 0.717) is 20.3 Å². The molecule has 2 aromatic rings. The number of aromatic nitrogens is 2. The number of aryl methyl sites for hydroxylation is 1. The fourth-order valence-electron chi connectivity index (χ4n) is 1.15. The van der Waals surface area contributed by atoms with Gasteiger partial charge in [0, 0.05) is 4.47 Å². The highest BCUT2D eigenvalue weighted by Gasteiger charge is 2.11. The van der Waals surface area contributed by atoms with Crippen LogP contribution in [-0.4, -0.2) is 9.97 Å². The van der Waals surface area contributed by atoms with Crippen LogP contribution in [0.5, 0.6) is 0 Å². The van der Waals surface area contributed by atoms with E-state index >= 15 is 0 Å². The van der Waals surface area contributed by atoms with Crippen LogP contribution >= 0.6 is 54.8 Å². The van der Waals surface area contributed by atoms with E-state index in [2.05, 4.69) is 41.8 Å². The van der Waals surface area contributed by atoms with Gasteiger partial charge in [0.05, 0.1) is 10.6 Å². The highest BCUT2D eigenvalue weighted by molar-refractivity contribution is 9.10. The molecular weight excluding hydrogens is 379 g/mol. The van der Waals surface area contributed by atoms with Crippen LogP contribution < -0.4 is 5.56 Å². The minimum Gasteiger partial charge on any atom is -0.305 e. The molecule has 0 unspecified atom stereocenters.